The van der Waals surface area contributed by atoms with Crippen LogP contribution in [0.4, 0.5) is 4.39 Å². The van der Waals surface area contributed by atoms with Gasteiger partial charge in [-0.05, 0) is 65.5 Å². The van der Waals surface area contributed by atoms with Crippen molar-refractivity contribution in [3.05, 3.63) is 68.9 Å². The maximum Gasteiger partial charge on any atom is 0.142 e. The fraction of sp³-hybridized carbons (Fsp3) is 0.333. The molecule has 21 heavy (non-hydrogen) atoms. The zero-order valence-electron chi connectivity index (χ0n) is 12.7. The van der Waals surface area contributed by atoms with Crippen molar-refractivity contribution in [1.82, 2.24) is 5.32 Å². The van der Waals surface area contributed by atoms with Gasteiger partial charge in [0.05, 0.1) is 4.47 Å². The summed E-state index contributed by atoms with van der Waals surface area (Å²) in [5.41, 5.74) is 4.50. The number of hydrogen-bond donors (Lipinski definition) is 1. The van der Waals surface area contributed by atoms with E-state index in [-0.39, 0.29) is 11.9 Å². The minimum atomic E-state index is -0.174. The Morgan fingerprint density at radius 2 is 1.90 bits per heavy atom. The molecule has 112 valence electrons. The van der Waals surface area contributed by atoms with E-state index in [9.17, 15) is 4.39 Å². The average molecular weight is 350 g/mol. The molecule has 2 aromatic carbocycles. The maximum atomic E-state index is 14.3. The highest BCUT2D eigenvalue weighted by molar-refractivity contribution is 9.10. The van der Waals surface area contributed by atoms with Gasteiger partial charge in [-0.1, -0.05) is 37.3 Å². The largest absolute Gasteiger partial charge is 0.310 e. The van der Waals surface area contributed by atoms with E-state index in [0.717, 1.165) is 13.0 Å². The molecule has 1 nitrogen and oxygen atoms in total. The first-order valence-electron chi connectivity index (χ1n) is 7.26. The third-order valence-electron chi connectivity index (χ3n) is 3.82. The van der Waals surface area contributed by atoms with E-state index >= 15 is 0 Å². The summed E-state index contributed by atoms with van der Waals surface area (Å²) in [6, 6.07) is 11.9. The van der Waals surface area contributed by atoms with Gasteiger partial charge in [-0.25, -0.2) is 4.39 Å². The molecule has 1 N–H and O–H groups in total. The van der Waals surface area contributed by atoms with Crippen LogP contribution in [0.5, 0.6) is 0 Å². The summed E-state index contributed by atoms with van der Waals surface area (Å²) < 4.78 is 14.9. The van der Waals surface area contributed by atoms with Crippen LogP contribution in [0, 0.1) is 19.7 Å². The standard InChI is InChI=1S/C18H21BrFN/c1-4-21-17(15-6-5-7-16(19)18(15)20)11-14-9-8-12(2)13(3)10-14/h5-10,17,21H,4,11H2,1-3H3. The van der Waals surface area contributed by atoms with E-state index in [4.69, 9.17) is 0 Å². The van der Waals surface area contributed by atoms with E-state index in [1.807, 2.05) is 19.1 Å². The van der Waals surface area contributed by atoms with Crippen molar-refractivity contribution in [2.45, 2.75) is 33.2 Å². The van der Waals surface area contributed by atoms with Crippen LogP contribution in [-0.2, 0) is 6.42 Å². The molecule has 0 aliphatic rings. The number of halogens is 2. The van der Waals surface area contributed by atoms with E-state index in [1.165, 1.54) is 16.7 Å². The zero-order valence-corrected chi connectivity index (χ0v) is 14.3. The maximum absolute atomic E-state index is 14.3. The summed E-state index contributed by atoms with van der Waals surface area (Å²) in [4.78, 5) is 0. The van der Waals surface area contributed by atoms with Crippen LogP contribution in [0.3, 0.4) is 0 Å². The Morgan fingerprint density at radius 1 is 1.14 bits per heavy atom. The lowest BCUT2D eigenvalue weighted by Gasteiger charge is -2.20. The summed E-state index contributed by atoms with van der Waals surface area (Å²) in [7, 11) is 0. The van der Waals surface area contributed by atoms with Gasteiger partial charge in [0, 0.05) is 11.6 Å². The smallest absolute Gasteiger partial charge is 0.142 e. The summed E-state index contributed by atoms with van der Waals surface area (Å²) >= 11 is 3.27. The molecule has 0 bridgehead atoms. The van der Waals surface area contributed by atoms with Crippen molar-refractivity contribution in [2.24, 2.45) is 0 Å². The molecule has 0 saturated carbocycles. The summed E-state index contributed by atoms with van der Waals surface area (Å²) in [6.07, 6.45) is 0.780. The van der Waals surface area contributed by atoms with Crippen molar-refractivity contribution in [1.29, 1.82) is 0 Å². The molecule has 1 atom stereocenters. The number of aryl methyl sites for hydroxylation is 2. The number of nitrogens with one attached hydrogen (secondary N) is 1. The second kappa shape index (κ2) is 7.19. The lowest BCUT2D eigenvalue weighted by Crippen LogP contribution is -2.24. The van der Waals surface area contributed by atoms with Gasteiger partial charge < -0.3 is 5.32 Å². The van der Waals surface area contributed by atoms with Gasteiger partial charge in [0.25, 0.3) is 0 Å². The van der Waals surface area contributed by atoms with Gasteiger partial charge in [-0.2, -0.15) is 0 Å². The average Bonchev–Trinajstić information content (AvgIpc) is 2.45. The van der Waals surface area contributed by atoms with E-state index in [0.29, 0.717) is 10.0 Å². The molecule has 1 unspecified atom stereocenters. The molecule has 0 heterocycles. The van der Waals surface area contributed by atoms with Gasteiger partial charge in [0.15, 0.2) is 0 Å². The van der Waals surface area contributed by atoms with Crippen molar-refractivity contribution < 1.29 is 4.39 Å². The Hall–Kier alpha value is -1.19. The first kappa shape index (κ1) is 16.2. The van der Waals surface area contributed by atoms with Crippen molar-refractivity contribution >= 4 is 15.9 Å². The normalized spacial score (nSPS) is 12.4. The van der Waals surface area contributed by atoms with Gasteiger partial charge in [-0.3, -0.25) is 0 Å². The SMILES string of the molecule is CCNC(Cc1ccc(C)c(C)c1)c1cccc(Br)c1F. The summed E-state index contributed by atoms with van der Waals surface area (Å²) in [5, 5.41) is 3.39. The van der Waals surface area contributed by atoms with Gasteiger partial charge >= 0.3 is 0 Å². The van der Waals surface area contributed by atoms with Crippen molar-refractivity contribution in [3.63, 3.8) is 0 Å². The van der Waals surface area contributed by atoms with Gasteiger partial charge in [0.2, 0.25) is 0 Å². The highest BCUT2D eigenvalue weighted by Gasteiger charge is 2.17. The molecule has 0 spiro atoms. The van der Waals surface area contributed by atoms with E-state index in [2.05, 4.69) is 53.3 Å². The zero-order chi connectivity index (χ0) is 15.4. The molecular weight excluding hydrogens is 329 g/mol. The van der Waals surface area contributed by atoms with Crippen LogP contribution in [0.25, 0.3) is 0 Å². The summed E-state index contributed by atoms with van der Waals surface area (Å²) in [5.74, 6) is -0.174. The lowest BCUT2D eigenvalue weighted by molar-refractivity contribution is 0.507. The molecule has 0 radical (unpaired) electrons. The Balaban J connectivity index is 2.30. The molecule has 0 aliphatic heterocycles. The van der Waals surface area contributed by atoms with Crippen LogP contribution >= 0.6 is 15.9 Å². The Bertz CT molecular complexity index is 625. The van der Waals surface area contributed by atoms with Gasteiger partial charge in [0.1, 0.15) is 5.82 Å². The van der Waals surface area contributed by atoms with Crippen LogP contribution in [0.1, 0.15) is 35.2 Å². The number of hydrogen-bond acceptors (Lipinski definition) is 1. The Labute approximate surface area is 134 Å². The van der Waals surface area contributed by atoms with Crippen molar-refractivity contribution in [3.8, 4) is 0 Å². The lowest BCUT2D eigenvalue weighted by atomic mass is 9.96. The third-order valence-corrected chi connectivity index (χ3v) is 4.43. The predicted octanol–water partition coefficient (Wildman–Crippen LogP) is 5.10. The minimum absolute atomic E-state index is 0.0189. The molecular formula is C18H21BrFN. The topological polar surface area (TPSA) is 12.0 Å². The van der Waals surface area contributed by atoms with Crippen molar-refractivity contribution in [2.75, 3.05) is 6.54 Å². The Kier molecular flexibility index (Phi) is 5.54. The molecule has 3 heteroatoms. The quantitative estimate of drug-likeness (QED) is 0.791. The van der Waals surface area contributed by atoms with Gasteiger partial charge in [-0.15, -0.1) is 0 Å². The monoisotopic (exact) mass is 349 g/mol. The molecule has 0 aliphatic carbocycles. The number of benzene rings is 2. The van der Waals surface area contributed by atoms with E-state index in [1.54, 1.807) is 6.07 Å². The predicted molar refractivity (Wildman–Crippen MR) is 90.1 cm³/mol. The molecule has 2 aromatic rings. The molecule has 0 amide bonds. The van der Waals surface area contributed by atoms with E-state index < -0.39 is 0 Å². The molecule has 0 aromatic heterocycles. The fourth-order valence-electron chi connectivity index (χ4n) is 2.49. The first-order chi connectivity index (χ1) is 10.0. The van der Waals surface area contributed by atoms with Crippen LogP contribution < -0.4 is 5.32 Å². The number of rotatable bonds is 5. The first-order valence-corrected chi connectivity index (χ1v) is 8.05. The summed E-state index contributed by atoms with van der Waals surface area (Å²) in [6.45, 7) is 7.07. The minimum Gasteiger partial charge on any atom is -0.310 e. The van der Waals surface area contributed by atoms with Crippen LogP contribution in [-0.4, -0.2) is 6.54 Å². The third kappa shape index (κ3) is 3.92. The number of likely N-dealkylation sites (N-methyl/N-ethyl adjacent to an activating group) is 1. The van der Waals surface area contributed by atoms with Crippen LogP contribution in [0.15, 0.2) is 40.9 Å². The molecule has 0 saturated heterocycles. The second-order valence-electron chi connectivity index (χ2n) is 5.38. The Morgan fingerprint density at radius 3 is 2.57 bits per heavy atom. The fourth-order valence-corrected chi connectivity index (χ4v) is 2.88. The highest BCUT2D eigenvalue weighted by Crippen LogP contribution is 2.26. The highest BCUT2D eigenvalue weighted by atomic mass is 79.9. The second-order valence-corrected chi connectivity index (χ2v) is 6.23. The molecule has 2 rings (SSSR count). The van der Waals surface area contributed by atoms with Crippen LogP contribution in [0.2, 0.25) is 0 Å². The molecule has 0 fully saturated rings.